The number of rotatable bonds is 6. The van der Waals surface area contributed by atoms with Gasteiger partial charge in [-0.05, 0) is 105 Å². The Kier molecular flexibility index (Phi) is 7.76. The molecule has 3 rings (SSSR count). The molecule has 33 heavy (non-hydrogen) atoms. The van der Waals surface area contributed by atoms with Crippen molar-refractivity contribution >= 4 is 56.9 Å². The summed E-state index contributed by atoms with van der Waals surface area (Å²) in [5.41, 5.74) is 4.75. The predicted molar refractivity (Wildman–Crippen MR) is 140 cm³/mol. The summed E-state index contributed by atoms with van der Waals surface area (Å²) in [5.74, 6) is -1.05. The fourth-order valence-corrected chi connectivity index (χ4v) is 4.96. The van der Waals surface area contributed by atoms with E-state index in [9.17, 15) is 14.9 Å². The molecule has 0 atom stereocenters. The largest absolute Gasteiger partial charge is 0.462 e. The molecule has 0 fully saturated rings. The molecule has 0 radical (unpaired) electrons. The van der Waals surface area contributed by atoms with Crippen LogP contribution >= 0.6 is 33.9 Å². The highest BCUT2D eigenvalue weighted by Crippen LogP contribution is 2.33. The van der Waals surface area contributed by atoms with Crippen molar-refractivity contribution in [2.45, 2.75) is 34.6 Å². The van der Waals surface area contributed by atoms with Crippen molar-refractivity contribution < 1.29 is 14.3 Å². The normalized spacial score (nSPS) is 11.2. The number of hydrogen-bond acceptors (Lipinski definition) is 5. The molecule has 2 heterocycles. The van der Waals surface area contributed by atoms with Crippen molar-refractivity contribution in [2.24, 2.45) is 0 Å². The first-order chi connectivity index (χ1) is 15.7. The van der Waals surface area contributed by atoms with Gasteiger partial charge in [-0.2, -0.15) is 5.26 Å². The maximum atomic E-state index is 13.0. The fraction of sp³-hybridized carbons (Fsp3) is 0.240. The fourth-order valence-electron chi connectivity index (χ4n) is 3.56. The molecule has 0 unspecified atom stereocenters. The minimum absolute atomic E-state index is 0.0450. The highest BCUT2D eigenvalue weighted by Gasteiger charge is 2.23. The summed E-state index contributed by atoms with van der Waals surface area (Å²) in [4.78, 5) is 26.3. The number of hydrogen-bond donors (Lipinski definition) is 1. The lowest BCUT2D eigenvalue weighted by Crippen LogP contribution is -2.16. The number of carbonyl (C=O) groups is 2. The van der Waals surface area contributed by atoms with Crippen LogP contribution in [0.2, 0.25) is 0 Å². The second-order valence-corrected chi connectivity index (χ2v) is 9.94. The zero-order chi connectivity index (χ0) is 24.3. The summed E-state index contributed by atoms with van der Waals surface area (Å²) in [7, 11) is 0. The molecule has 6 nitrogen and oxygen atoms in total. The van der Waals surface area contributed by atoms with Crippen LogP contribution in [-0.2, 0) is 9.53 Å². The van der Waals surface area contributed by atoms with Gasteiger partial charge >= 0.3 is 5.97 Å². The second-order valence-electron chi connectivity index (χ2n) is 7.47. The third kappa shape index (κ3) is 5.20. The molecule has 0 aliphatic carbocycles. The lowest BCUT2D eigenvalue weighted by Gasteiger charge is -2.10. The van der Waals surface area contributed by atoms with Crippen LogP contribution < -0.4 is 5.32 Å². The van der Waals surface area contributed by atoms with Gasteiger partial charge in [0, 0.05) is 25.5 Å². The third-order valence-corrected chi connectivity index (χ3v) is 7.15. The Balaban J connectivity index is 1.94. The van der Waals surface area contributed by atoms with Gasteiger partial charge in [0.1, 0.15) is 16.6 Å². The lowest BCUT2D eigenvalue weighted by atomic mass is 10.1. The molecule has 0 spiro atoms. The summed E-state index contributed by atoms with van der Waals surface area (Å²) in [6.07, 6.45) is 1.58. The first-order valence-electron chi connectivity index (χ1n) is 10.3. The number of nitrogens with one attached hydrogen (secondary N) is 1. The topological polar surface area (TPSA) is 84.1 Å². The number of esters is 1. The zero-order valence-electron chi connectivity index (χ0n) is 19.1. The van der Waals surface area contributed by atoms with Crippen LogP contribution in [0.25, 0.3) is 11.8 Å². The third-order valence-electron chi connectivity index (χ3n) is 5.31. The summed E-state index contributed by atoms with van der Waals surface area (Å²) >= 11 is 3.55. The van der Waals surface area contributed by atoms with Gasteiger partial charge in [-0.15, -0.1) is 11.3 Å². The van der Waals surface area contributed by atoms with Crippen LogP contribution in [0.15, 0.2) is 35.9 Å². The Labute approximate surface area is 211 Å². The Hall–Kier alpha value is -2.90. The number of ether oxygens (including phenoxy) is 1. The van der Waals surface area contributed by atoms with E-state index in [0.717, 1.165) is 36.6 Å². The van der Waals surface area contributed by atoms with Gasteiger partial charge in [-0.3, -0.25) is 4.79 Å². The molecule has 1 amide bonds. The number of thiophene rings is 1. The number of amides is 1. The molecule has 0 saturated heterocycles. The number of aromatic nitrogens is 1. The summed E-state index contributed by atoms with van der Waals surface area (Å²) in [6.45, 7) is 9.59. The van der Waals surface area contributed by atoms with Crippen molar-refractivity contribution in [2.75, 3.05) is 11.9 Å². The van der Waals surface area contributed by atoms with Crippen molar-refractivity contribution in [1.29, 1.82) is 5.26 Å². The number of benzene rings is 1. The molecule has 1 N–H and O–H groups in total. The highest BCUT2D eigenvalue weighted by atomic mass is 127. The number of halogens is 1. The van der Waals surface area contributed by atoms with Gasteiger partial charge < -0.3 is 14.6 Å². The minimum atomic E-state index is -0.566. The number of aryl methyl sites for hydroxylation is 2. The molecule has 3 aromatic rings. The van der Waals surface area contributed by atoms with Crippen molar-refractivity contribution in [1.82, 2.24) is 4.57 Å². The number of carbonyl (C=O) groups excluding carboxylic acids is 2. The van der Waals surface area contributed by atoms with Gasteiger partial charge in [0.15, 0.2) is 0 Å². The molecular weight excluding hydrogens is 549 g/mol. The van der Waals surface area contributed by atoms with Gasteiger partial charge in [0.05, 0.1) is 12.2 Å². The zero-order valence-corrected chi connectivity index (χ0v) is 22.1. The molecule has 0 saturated carbocycles. The van der Waals surface area contributed by atoms with Crippen LogP contribution in [0.1, 0.15) is 44.7 Å². The Bertz CT molecular complexity index is 1290. The van der Waals surface area contributed by atoms with Gasteiger partial charge in [-0.1, -0.05) is 0 Å². The van der Waals surface area contributed by atoms with Crippen molar-refractivity contribution in [3.8, 4) is 11.8 Å². The Morgan fingerprint density at radius 1 is 1.21 bits per heavy atom. The van der Waals surface area contributed by atoms with Crippen LogP contribution in [-0.4, -0.2) is 23.1 Å². The van der Waals surface area contributed by atoms with E-state index in [4.69, 9.17) is 4.74 Å². The molecule has 1 aromatic carbocycles. The quantitative estimate of drug-likeness (QED) is 0.167. The van der Waals surface area contributed by atoms with Crippen LogP contribution in [0, 0.1) is 42.6 Å². The number of nitrogens with zero attached hydrogens (tertiary/aromatic N) is 2. The van der Waals surface area contributed by atoms with Gasteiger partial charge in [0.2, 0.25) is 0 Å². The number of nitriles is 1. The molecule has 8 heteroatoms. The molecule has 170 valence electrons. The van der Waals surface area contributed by atoms with E-state index in [-0.39, 0.29) is 12.2 Å². The van der Waals surface area contributed by atoms with Crippen LogP contribution in [0.3, 0.4) is 0 Å². The van der Waals surface area contributed by atoms with E-state index in [0.29, 0.717) is 10.6 Å². The maximum Gasteiger partial charge on any atom is 0.341 e. The Morgan fingerprint density at radius 2 is 1.88 bits per heavy atom. The van der Waals surface area contributed by atoms with Crippen molar-refractivity contribution in [3.63, 3.8) is 0 Å². The van der Waals surface area contributed by atoms with E-state index < -0.39 is 11.9 Å². The second kappa shape index (κ2) is 10.4. The molecule has 0 aliphatic rings. The molecule has 0 aliphatic heterocycles. The maximum absolute atomic E-state index is 13.0. The molecule has 0 bridgehead atoms. The van der Waals surface area contributed by atoms with Crippen molar-refractivity contribution in [3.05, 3.63) is 72.4 Å². The highest BCUT2D eigenvalue weighted by molar-refractivity contribution is 14.1. The standard InChI is InChI=1S/C25H24IN3O3S/c1-6-32-25(31)22-15(3)17(5)33-24(22)28-23(30)19(13-27)12-18-11-14(2)29(16(18)4)21-9-7-20(26)8-10-21/h7-12H,6H2,1-5H3,(H,28,30)/b19-12+. The van der Waals surface area contributed by atoms with Gasteiger partial charge in [-0.25, -0.2) is 4.79 Å². The monoisotopic (exact) mass is 573 g/mol. The first kappa shape index (κ1) is 24.7. The summed E-state index contributed by atoms with van der Waals surface area (Å²) in [6, 6.07) is 12.1. The van der Waals surface area contributed by atoms with E-state index in [1.807, 2.05) is 64.1 Å². The van der Waals surface area contributed by atoms with Crippen LogP contribution in [0.5, 0.6) is 0 Å². The van der Waals surface area contributed by atoms with E-state index in [1.165, 1.54) is 11.3 Å². The first-order valence-corrected chi connectivity index (χ1v) is 12.2. The van der Waals surface area contributed by atoms with E-state index in [1.54, 1.807) is 13.0 Å². The SMILES string of the molecule is CCOC(=O)c1c(NC(=O)/C(C#N)=C/c2cc(C)n(-c3ccc(I)cc3)c2C)sc(C)c1C. The average molecular weight is 573 g/mol. The average Bonchev–Trinajstić information content (AvgIpc) is 3.21. The predicted octanol–water partition coefficient (Wildman–Crippen LogP) is 6.10. The summed E-state index contributed by atoms with van der Waals surface area (Å²) < 4.78 is 8.37. The minimum Gasteiger partial charge on any atom is -0.462 e. The number of anilines is 1. The summed E-state index contributed by atoms with van der Waals surface area (Å²) in [5, 5.41) is 12.8. The molecule has 2 aromatic heterocycles. The smallest absolute Gasteiger partial charge is 0.341 e. The van der Waals surface area contributed by atoms with Gasteiger partial charge in [0.25, 0.3) is 5.91 Å². The van der Waals surface area contributed by atoms with Crippen LogP contribution in [0.4, 0.5) is 5.00 Å². The van der Waals surface area contributed by atoms with E-state index in [2.05, 4.69) is 32.5 Å². The van der Waals surface area contributed by atoms with E-state index >= 15 is 0 Å². The lowest BCUT2D eigenvalue weighted by molar-refractivity contribution is -0.112. The molecular formula is C25H24IN3O3S. The Morgan fingerprint density at radius 3 is 2.48 bits per heavy atom.